The summed E-state index contributed by atoms with van der Waals surface area (Å²) in [6.45, 7) is -0.436. The van der Waals surface area contributed by atoms with E-state index in [0.717, 1.165) is 0 Å². The highest BCUT2D eigenvalue weighted by Gasteiger charge is 2.44. The number of aliphatic hydroxyl groups excluding tert-OH is 3. The van der Waals surface area contributed by atoms with E-state index in [-0.39, 0.29) is 11.7 Å². The number of nitrogens with one attached hydrogen (secondary N) is 1. The summed E-state index contributed by atoms with van der Waals surface area (Å²) in [5, 5.41) is 32.1. The van der Waals surface area contributed by atoms with Crippen LogP contribution >= 0.6 is 0 Å². The molecule has 1 saturated heterocycles. The van der Waals surface area contributed by atoms with Crippen LogP contribution in [0.25, 0.3) is 11.2 Å². The first-order valence-electron chi connectivity index (χ1n) is 8.26. The number of aliphatic hydroxyl groups is 3. The third-order valence-corrected chi connectivity index (χ3v) is 4.42. The highest BCUT2D eigenvalue weighted by Crippen LogP contribution is 2.32. The van der Waals surface area contributed by atoms with E-state index < -0.39 is 31.1 Å². The van der Waals surface area contributed by atoms with Crippen LogP contribution in [0.5, 0.6) is 0 Å². The van der Waals surface area contributed by atoms with E-state index in [9.17, 15) is 20.1 Å². The first kappa shape index (κ1) is 17.5. The highest BCUT2D eigenvalue weighted by molar-refractivity contribution is 6.06. The molecule has 1 fully saturated rings. The predicted molar refractivity (Wildman–Crippen MR) is 92.7 cm³/mol. The number of ether oxygens (including phenoxy) is 1. The number of benzene rings is 1. The molecule has 1 unspecified atom stereocenters. The van der Waals surface area contributed by atoms with Crippen LogP contribution < -0.4 is 5.32 Å². The average Bonchev–Trinajstić information content (AvgIpc) is 3.25. The number of imidazole rings is 1. The second-order valence-electron chi connectivity index (χ2n) is 6.10. The molecule has 1 amide bonds. The van der Waals surface area contributed by atoms with Crippen molar-refractivity contribution in [3.8, 4) is 0 Å². The molecule has 0 saturated carbocycles. The fraction of sp³-hybridized carbons (Fsp3) is 0.294. The first-order valence-corrected chi connectivity index (χ1v) is 8.26. The van der Waals surface area contributed by atoms with Crippen molar-refractivity contribution in [2.45, 2.75) is 24.5 Å². The van der Waals surface area contributed by atoms with Gasteiger partial charge in [-0.05, 0) is 12.1 Å². The van der Waals surface area contributed by atoms with Crippen LogP contribution in [0.4, 0.5) is 5.82 Å². The van der Waals surface area contributed by atoms with E-state index in [4.69, 9.17) is 4.74 Å². The number of amides is 1. The van der Waals surface area contributed by atoms with Gasteiger partial charge in [0.25, 0.3) is 5.91 Å². The Morgan fingerprint density at radius 2 is 1.93 bits per heavy atom. The number of anilines is 1. The third-order valence-electron chi connectivity index (χ3n) is 4.42. The molecule has 3 heterocycles. The van der Waals surface area contributed by atoms with Crippen molar-refractivity contribution in [2.75, 3.05) is 11.9 Å². The van der Waals surface area contributed by atoms with Crippen molar-refractivity contribution in [3.63, 3.8) is 0 Å². The lowest BCUT2D eigenvalue weighted by atomic mass is 10.1. The highest BCUT2D eigenvalue weighted by atomic mass is 16.6. The van der Waals surface area contributed by atoms with E-state index in [1.807, 2.05) is 6.07 Å². The van der Waals surface area contributed by atoms with E-state index in [1.54, 1.807) is 24.3 Å². The van der Waals surface area contributed by atoms with E-state index in [2.05, 4.69) is 20.3 Å². The second kappa shape index (κ2) is 7.00. The maximum atomic E-state index is 12.4. The fourth-order valence-electron chi connectivity index (χ4n) is 3.01. The van der Waals surface area contributed by atoms with Crippen molar-refractivity contribution in [1.29, 1.82) is 0 Å². The molecule has 1 aliphatic rings. The molecule has 1 aliphatic heterocycles. The molecule has 4 atom stereocenters. The summed E-state index contributed by atoms with van der Waals surface area (Å²) in [5.41, 5.74) is 1.08. The van der Waals surface area contributed by atoms with Crippen molar-refractivity contribution < 1.29 is 24.9 Å². The van der Waals surface area contributed by atoms with Crippen LogP contribution in [0.3, 0.4) is 0 Å². The molecule has 140 valence electrons. The largest absolute Gasteiger partial charge is 0.394 e. The molecule has 0 aliphatic carbocycles. The summed E-state index contributed by atoms with van der Waals surface area (Å²) in [7, 11) is 0. The summed E-state index contributed by atoms with van der Waals surface area (Å²) < 4.78 is 6.93. The summed E-state index contributed by atoms with van der Waals surface area (Å²) in [4.78, 5) is 24.8. The van der Waals surface area contributed by atoms with Gasteiger partial charge in [-0.3, -0.25) is 9.36 Å². The average molecular weight is 371 g/mol. The van der Waals surface area contributed by atoms with Gasteiger partial charge in [0, 0.05) is 5.56 Å². The minimum absolute atomic E-state index is 0.208. The number of carbonyl (C=O) groups excluding carboxylic acids is 1. The Labute approximate surface area is 153 Å². The quantitative estimate of drug-likeness (QED) is 0.489. The number of hydrogen-bond acceptors (Lipinski definition) is 8. The van der Waals surface area contributed by atoms with Crippen molar-refractivity contribution in [1.82, 2.24) is 19.5 Å². The molecule has 10 nitrogen and oxygen atoms in total. The molecule has 0 radical (unpaired) electrons. The standard InChI is InChI=1S/C17H17N5O5/c23-6-10-12(24)13(25)17(27-10)22-8-20-11-14(18-7-19-15(11)22)21-16(26)9-4-2-1-3-5-9/h1-5,7-8,10,12-13,17,23-25H,6H2,(H,18,19,21,26)/t10-,12+,13?,17-/m0/s1. The van der Waals surface area contributed by atoms with Crippen molar-refractivity contribution in [3.05, 3.63) is 48.5 Å². The van der Waals surface area contributed by atoms with Gasteiger partial charge in [-0.15, -0.1) is 0 Å². The Balaban J connectivity index is 1.65. The summed E-state index contributed by atoms with van der Waals surface area (Å²) >= 11 is 0. The summed E-state index contributed by atoms with van der Waals surface area (Å²) in [6.07, 6.45) is -1.77. The topological polar surface area (TPSA) is 143 Å². The van der Waals surface area contributed by atoms with Crippen LogP contribution in [0.1, 0.15) is 16.6 Å². The second-order valence-corrected chi connectivity index (χ2v) is 6.10. The van der Waals surface area contributed by atoms with Gasteiger partial charge in [-0.2, -0.15) is 0 Å². The lowest BCUT2D eigenvalue weighted by molar-refractivity contribution is -0.0511. The SMILES string of the molecule is O=C(Nc1ncnc2c1ncn2[C@H]1O[C@@H](CO)[C@@H](O)C1O)c1ccccc1. The number of rotatable bonds is 4. The van der Waals surface area contributed by atoms with Gasteiger partial charge in [0.1, 0.15) is 24.6 Å². The first-order chi connectivity index (χ1) is 13.1. The maximum absolute atomic E-state index is 12.4. The number of fused-ring (bicyclic) bond motifs is 1. The Morgan fingerprint density at radius 3 is 2.63 bits per heavy atom. The zero-order valence-corrected chi connectivity index (χ0v) is 14.0. The van der Waals surface area contributed by atoms with Gasteiger partial charge in [0.2, 0.25) is 0 Å². The molecular weight excluding hydrogens is 354 g/mol. The van der Waals surface area contributed by atoms with Crippen LogP contribution in [0.15, 0.2) is 43.0 Å². The molecule has 4 rings (SSSR count). The number of carbonyl (C=O) groups is 1. The molecule has 27 heavy (non-hydrogen) atoms. The minimum atomic E-state index is -1.27. The molecular formula is C17H17N5O5. The number of nitrogens with zero attached hydrogens (tertiary/aromatic N) is 4. The van der Waals surface area contributed by atoms with Crippen LogP contribution in [-0.4, -0.2) is 65.7 Å². The van der Waals surface area contributed by atoms with Crippen LogP contribution in [0.2, 0.25) is 0 Å². The van der Waals surface area contributed by atoms with Gasteiger partial charge >= 0.3 is 0 Å². The van der Waals surface area contributed by atoms with Gasteiger partial charge in [-0.25, -0.2) is 15.0 Å². The Morgan fingerprint density at radius 1 is 1.15 bits per heavy atom. The fourth-order valence-corrected chi connectivity index (χ4v) is 3.01. The molecule has 0 bridgehead atoms. The Kier molecular flexibility index (Phi) is 4.54. The minimum Gasteiger partial charge on any atom is -0.394 e. The van der Waals surface area contributed by atoms with E-state index in [1.165, 1.54) is 17.2 Å². The summed E-state index contributed by atoms with van der Waals surface area (Å²) in [5.74, 6) is -0.141. The molecule has 4 N–H and O–H groups in total. The van der Waals surface area contributed by atoms with Gasteiger partial charge in [0.15, 0.2) is 23.2 Å². The Hall–Kier alpha value is -2.92. The zero-order chi connectivity index (χ0) is 19.0. The van der Waals surface area contributed by atoms with Gasteiger partial charge in [-0.1, -0.05) is 18.2 Å². The van der Waals surface area contributed by atoms with Gasteiger partial charge < -0.3 is 25.4 Å². The van der Waals surface area contributed by atoms with Crippen molar-refractivity contribution >= 4 is 22.9 Å². The molecule has 10 heteroatoms. The lowest BCUT2D eigenvalue weighted by Gasteiger charge is -2.16. The summed E-state index contributed by atoms with van der Waals surface area (Å²) in [6, 6.07) is 8.65. The molecule has 3 aromatic rings. The lowest BCUT2D eigenvalue weighted by Crippen LogP contribution is -2.33. The molecule has 2 aromatic heterocycles. The number of aromatic nitrogens is 4. The van der Waals surface area contributed by atoms with Gasteiger partial charge in [0.05, 0.1) is 12.9 Å². The normalized spacial score (nSPS) is 25.0. The Bertz CT molecular complexity index is 963. The number of hydrogen-bond donors (Lipinski definition) is 4. The predicted octanol–water partition coefficient (Wildman–Crippen LogP) is -0.310. The van der Waals surface area contributed by atoms with E-state index >= 15 is 0 Å². The smallest absolute Gasteiger partial charge is 0.256 e. The maximum Gasteiger partial charge on any atom is 0.256 e. The van der Waals surface area contributed by atoms with Crippen LogP contribution in [0, 0.1) is 0 Å². The van der Waals surface area contributed by atoms with E-state index in [0.29, 0.717) is 16.7 Å². The molecule has 1 aromatic carbocycles. The monoisotopic (exact) mass is 371 g/mol. The van der Waals surface area contributed by atoms with Crippen molar-refractivity contribution in [2.24, 2.45) is 0 Å². The molecule has 0 spiro atoms. The van der Waals surface area contributed by atoms with Crippen LogP contribution in [-0.2, 0) is 4.74 Å². The third kappa shape index (κ3) is 3.04. The zero-order valence-electron chi connectivity index (χ0n) is 14.0.